The van der Waals surface area contributed by atoms with Crippen molar-refractivity contribution in [3.8, 4) is 0 Å². The van der Waals surface area contributed by atoms with Gasteiger partial charge in [0, 0.05) is 42.8 Å². The Morgan fingerprint density at radius 3 is 2.20 bits per heavy atom. The number of carboxylic acid groups (broad SMARTS) is 1. The van der Waals surface area contributed by atoms with Crippen LogP contribution in [-0.4, -0.2) is 110 Å². The molecule has 0 spiro atoms. The van der Waals surface area contributed by atoms with Gasteiger partial charge < -0.3 is 30.3 Å². The van der Waals surface area contributed by atoms with Crippen molar-refractivity contribution in [1.82, 2.24) is 24.7 Å². The number of carbonyl (C=O) groups excluding carboxylic acids is 3. The number of carbonyl (C=O) groups is 4. The monoisotopic (exact) mass is 689 g/mol. The van der Waals surface area contributed by atoms with Crippen LogP contribution in [0.15, 0.2) is 23.1 Å². The van der Waals surface area contributed by atoms with Gasteiger partial charge in [-0.15, -0.1) is 0 Å². The molecular weight excluding hydrogens is 649 g/mol. The Labute approximate surface area is 273 Å². The number of aliphatic carboxylic acids is 1. The number of amides is 4. The molecule has 3 aliphatic rings. The third-order valence-electron chi connectivity index (χ3n) is 8.72. The topological polar surface area (TPSA) is 166 Å². The summed E-state index contributed by atoms with van der Waals surface area (Å²) >= 11 is 12.0. The first kappa shape index (κ1) is 35.1. The van der Waals surface area contributed by atoms with E-state index in [-0.39, 0.29) is 40.5 Å². The molecule has 4 amide bonds. The summed E-state index contributed by atoms with van der Waals surface area (Å²) in [6.07, 6.45) is 4.44. The van der Waals surface area contributed by atoms with Crippen molar-refractivity contribution >= 4 is 57.2 Å². The number of likely N-dealkylation sites (tertiary alicyclic amines) is 2. The van der Waals surface area contributed by atoms with E-state index in [1.807, 2.05) is 0 Å². The lowest BCUT2D eigenvalue weighted by Gasteiger charge is -2.33. The molecule has 250 valence electrons. The molecule has 0 aliphatic carbocycles. The van der Waals surface area contributed by atoms with E-state index in [9.17, 15) is 32.7 Å². The number of hydrogen-bond donors (Lipinski definition) is 3. The summed E-state index contributed by atoms with van der Waals surface area (Å²) in [5.41, 5.74) is 0. The van der Waals surface area contributed by atoms with Gasteiger partial charge in [-0.3, -0.25) is 4.79 Å². The number of nitrogens with zero attached hydrogens (tertiary/aromatic N) is 3. The lowest BCUT2D eigenvalue weighted by Crippen LogP contribution is -2.55. The van der Waals surface area contributed by atoms with Crippen LogP contribution < -0.4 is 10.6 Å². The fraction of sp³-hybridized carbons (Fsp3) is 0.655. The quantitative estimate of drug-likeness (QED) is 0.336. The summed E-state index contributed by atoms with van der Waals surface area (Å²) in [5.74, 6) is -1.23. The molecule has 0 aromatic heterocycles. The average molecular weight is 691 g/mol. The summed E-state index contributed by atoms with van der Waals surface area (Å²) in [6.45, 7) is 4.56. The van der Waals surface area contributed by atoms with E-state index >= 15 is 0 Å². The minimum atomic E-state index is -4.14. The molecule has 3 saturated heterocycles. The van der Waals surface area contributed by atoms with Crippen molar-refractivity contribution < 1.29 is 37.4 Å². The summed E-state index contributed by atoms with van der Waals surface area (Å²) in [7, 11) is -4.14. The summed E-state index contributed by atoms with van der Waals surface area (Å²) in [6, 6.07) is 0.804. The molecule has 1 aromatic carbocycles. The number of nitrogens with one attached hydrogen (secondary N) is 2. The number of piperidine rings is 2. The predicted molar refractivity (Wildman–Crippen MR) is 167 cm³/mol. The van der Waals surface area contributed by atoms with E-state index in [1.165, 1.54) is 18.2 Å². The van der Waals surface area contributed by atoms with E-state index in [4.69, 9.17) is 27.9 Å². The van der Waals surface area contributed by atoms with Crippen molar-refractivity contribution in [3.05, 3.63) is 28.2 Å². The summed E-state index contributed by atoms with van der Waals surface area (Å²) < 4.78 is 33.0. The number of ether oxygens (including phenoxy) is 1. The molecule has 0 unspecified atom stereocenters. The largest absolute Gasteiger partial charge is 0.480 e. The van der Waals surface area contributed by atoms with E-state index in [0.29, 0.717) is 44.4 Å². The third kappa shape index (κ3) is 9.36. The molecular formula is C29H41Cl2N5O8S. The molecule has 3 heterocycles. The highest BCUT2D eigenvalue weighted by Crippen LogP contribution is 2.30. The van der Waals surface area contributed by atoms with Crippen molar-refractivity contribution in [2.75, 3.05) is 45.9 Å². The second-order valence-corrected chi connectivity index (χ2v) is 14.7. The molecule has 13 nitrogen and oxygen atoms in total. The molecule has 0 radical (unpaired) electrons. The highest BCUT2D eigenvalue weighted by Gasteiger charge is 2.41. The number of benzene rings is 1. The maximum atomic E-state index is 13.3. The Kier molecular flexibility index (Phi) is 12.2. The van der Waals surface area contributed by atoms with Gasteiger partial charge in [-0.2, -0.15) is 4.31 Å². The Balaban J connectivity index is 1.21. The fourth-order valence-electron chi connectivity index (χ4n) is 5.89. The predicted octanol–water partition coefficient (Wildman–Crippen LogP) is 3.40. The Morgan fingerprint density at radius 2 is 1.58 bits per heavy atom. The molecule has 2 atom stereocenters. The van der Waals surface area contributed by atoms with Crippen LogP contribution in [0, 0.1) is 11.8 Å². The standard InChI is InChI=1S/C29H41Cl2N5O8S/c1-19-4-10-35(11-5-19)29(41)44-14-8-20-6-12-34(13-7-20)28(40)32-18-24(27(38)39)33-26(37)25-3-2-9-36(25)45(42,43)23-16-21(30)15-22(31)17-23/h15-17,19-20,24-25H,2-14,18H2,1H3,(H,32,40)(H,33,37)(H,38,39)/t24-,25-/m0/s1. The Hall–Kier alpha value is -2.81. The number of halogens is 2. The van der Waals surface area contributed by atoms with Crippen LogP contribution in [0.3, 0.4) is 0 Å². The number of urea groups is 1. The van der Waals surface area contributed by atoms with Crippen LogP contribution in [0.25, 0.3) is 0 Å². The maximum Gasteiger partial charge on any atom is 0.409 e. The summed E-state index contributed by atoms with van der Waals surface area (Å²) in [4.78, 5) is 53.3. The van der Waals surface area contributed by atoms with E-state index in [2.05, 4.69) is 17.6 Å². The second kappa shape index (κ2) is 15.7. The van der Waals surface area contributed by atoms with Gasteiger partial charge in [0.25, 0.3) is 0 Å². The first-order valence-electron chi connectivity index (χ1n) is 15.3. The fourth-order valence-corrected chi connectivity index (χ4v) is 8.28. The highest BCUT2D eigenvalue weighted by atomic mass is 35.5. The zero-order chi connectivity index (χ0) is 32.7. The van der Waals surface area contributed by atoms with Crippen LogP contribution >= 0.6 is 23.2 Å². The van der Waals surface area contributed by atoms with E-state index in [1.54, 1.807) is 9.80 Å². The molecule has 3 aliphatic heterocycles. The molecule has 0 saturated carbocycles. The lowest BCUT2D eigenvalue weighted by molar-refractivity contribution is -0.142. The van der Waals surface area contributed by atoms with Gasteiger partial charge in [0.15, 0.2) is 0 Å². The van der Waals surface area contributed by atoms with Crippen LogP contribution in [0.4, 0.5) is 9.59 Å². The van der Waals surface area contributed by atoms with Gasteiger partial charge in [-0.05, 0) is 75.0 Å². The lowest BCUT2D eigenvalue weighted by atomic mass is 9.94. The number of rotatable bonds is 10. The van der Waals surface area contributed by atoms with Crippen LogP contribution in [-0.2, 0) is 24.3 Å². The summed E-state index contributed by atoms with van der Waals surface area (Å²) in [5, 5.41) is 14.9. The number of sulfonamides is 1. The van der Waals surface area contributed by atoms with Crippen molar-refractivity contribution in [2.24, 2.45) is 11.8 Å². The molecule has 3 fully saturated rings. The second-order valence-electron chi connectivity index (χ2n) is 12.0. The van der Waals surface area contributed by atoms with Crippen molar-refractivity contribution in [1.29, 1.82) is 0 Å². The molecule has 45 heavy (non-hydrogen) atoms. The molecule has 3 N–H and O–H groups in total. The van der Waals surface area contributed by atoms with Crippen molar-refractivity contribution in [2.45, 2.75) is 68.8 Å². The first-order valence-corrected chi connectivity index (χ1v) is 17.5. The van der Waals surface area contributed by atoms with Gasteiger partial charge in [-0.25, -0.2) is 22.8 Å². The number of carboxylic acids is 1. The Bertz CT molecular complexity index is 1330. The van der Waals surface area contributed by atoms with E-state index in [0.717, 1.165) is 43.1 Å². The zero-order valence-corrected chi connectivity index (χ0v) is 27.6. The van der Waals surface area contributed by atoms with Gasteiger partial charge in [0.2, 0.25) is 15.9 Å². The highest BCUT2D eigenvalue weighted by molar-refractivity contribution is 7.89. The smallest absolute Gasteiger partial charge is 0.409 e. The van der Waals surface area contributed by atoms with Gasteiger partial charge in [-0.1, -0.05) is 30.1 Å². The minimum absolute atomic E-state index is 0.0647. The van der Waals surface area contributed by atoms with Crippen molar-refractivity contribution in [3.63, 3.8) is 0 Å². The van der Waals surface area contributed by atoms with Gasteiger partial charge >= 0.3 is 18.1 Å². The third-order valence-corrected chi connectivity index (χ3v) is 11.0. The molecule has 4 rings (SSSR count). The maximum absolute atomic E-state index is 13.3. The van der Waals surface area contributed by atoms with E-state index < -0.39 is 40.0 Å². The van der Waals surface area contributed by atoms with Crippen LogP contribution in [0.5, 0.6) is 0 Å². The van der Waals surface area contributed by atoms with Crippen LogP contribution in [0.1, 0.15) is 51.9 Å². The zero-order valence-electron chi connectivity index (χ0n) is 25.3. The SMILES string of the molecule is CC1CCN(C(=O)OCCC2CCN(C(=O)NC[C@H](NC(=O)[C@@H]3CCCN3S(=O)(=O)c3cc(Cl)cc(Cl)c3)C(=O)O)CC2)CC1. The minimum Gasteiger partial charge on any atom is -0.480 e. The van der Waals surface area contributed by atoms with Gasteiger partial charge in [0.1, 0.15) is 12.1 Å². The number of hydrogen-bond acceptors (Lipinski definition) is 7. The van der Waals surface area contributed by atoms with Crippen LogP contribution in [0.2, 0.25) is 10.0 Å². The Morgan fingerprint density at radius 1 is 0.956 bits per heavy atom. The first-order chi connectivity index (χ1) is 21.3. The normalized spacial score (nSPS) is 20.9. The molecule has 1 aromatic rings. The average Bonchev–Trinajstić information content (AvgIpc) is 3.50. The molecule has 0 bridgehead atoms. The van der Waals surface area contributed by atoms with Gasteiger partial charge in [0.05, 0.1) is 18.0 Å². The molecule has 16 heteroatoms.